The Balaban J connectivity index is 1.25. The van der Waals surface area contributed by atoms with Gasteiger partial charge in [-0.05, 0) is 52.6 Å². The average Bonchev–Trinajstić information content (AvgIpc) is 3.82. The summed E-state index contributed by atoms with van der Waals surface area (Å²) in [4.78, 5) is 15.9. The van der Waals surface area contributed by atoms with E-state index in [1.54, 1.807) is 0 Å². The van der Waals surface area contributed by atoms with Crippen molar-refractivity contribution in [3.8, 4) is 45.5 Å². The molecule has 0 atom stereocenters. The zero-order valence-corrected chi connectivity index (χ0v) is 29.3. The van der Waals surface area contributed by atoms with Crippen molar-refractivity contribution < 1.29 is 0 Å². The molecule has 53 heavy (non-hydrogen) atoms. The largest absolute Gasteiger partial charge is 0.309 e. The molecule has 0 spiro atoms. The van der Waals surface area contributed by atoms with Gasteiger partial charge in [0.1, 0.15) is 0 Å². The van der Waals surface area contributed by atoms with Crippen LogP contribution in [0.5, 0.6) is 0 Å². The summed E-state index contributed by atoms with van der Waals surface area (Å²) in [6.07, 6.45) is 0. The minimum Gasteiger partial charge on any atom is -0.309 e. The first-order chi connectivity index (χ1) is 26.1. The number of nitrogens with zero attached hydrogens (tertiary/aromatic N) is 5. The minimum atomic E-state index is -0.231. The SMILES string of the molecule is CC1(C)c2ccccc2-c2cccc(-c3nc(-c4ccccc4)nc(-n4c5ccccc5c5c4ccc4c6ccccc6n(-c6ccccc6)c45)n3)c21. The molecule has 0 unspecified atom stereocenters. The molecular weight excluding hydrogens is 647 g/mol. The van der Waals surface area contributed by atoms with E-state index in [4.69, 9.17) is 15.0 Å². The molecular formula is C48H33N5. The van der Waals surface area contributed by atoms with Crippen LogP contribution in [0.4, 0.5) is 0 Å². The molecule has 7 aromatic carbocycles. The molecule has 0 bridgehead atoms. The maximum absolute atomic E-state index is 5.42. The Morgan fingerprint density at radius 1 is 0.434 bits per heavy atom. The molecule has 1 aliphatic rings. The highest BCUT2D eigenvalue weighted by Gasteiger charge is 2.38. The van der Waals surface area contributed by atoms with E-state index in [-0.39, 0.29) is 5.41 Å². The summed E-state index contributed by atoms with van der Waals surface area (Å²) in [5.41, 5.74) is 12.4. The molecule has 5 nitrogen and oxygen atoms in total. The van der Waals surface area contributed by atoms with Crippen LogP contribution < -0.4 is 0 Å². The van der Waals surface area contributed by atoms with Crippen molar-refractivity contribution in [2.24, 2.45) is 0 Å². The Labute approximate surface area is 306 Å². The second-order valence-corrected chi connectivity index (χ2v) is 14.4. The van der Waals surface area contributed by atoms with Crippen molar-refractivity contribution in [1.29, 1.82) is 0 Å². The summed E-state index contributed by atoms with van der Waals surface area (Å²) in [6.45, 7) is 4.62. The Bertz CT molecular complexity index is 3080. The van der Waals surface area contributed by atoms with E-state index in [2.05, 4.69) is 169 Å². The van der Waals surface area contributed by atoms with Crippen LogP contribution in [0.3, 0.4) is 0 Å². The van der Waals surface area contributed by atoms with Crippen LogP contribution in [-0.4, -0.2) is 24.1 Å². The quantitative estimate of drug-likeness (QED) is 0.186. The van der Waals surface area contributed by atoms with Gasteiger partial charge < -0.3 is 4.57 Å². The normalized spacial score (nSPS) is 13.2. The molecule has 0 radical (unpaired) electrons. The molecule has 3 heterocycles. The molecule has 5 heteroatoms. The second kappa shape index (κ2) is 11.1. The minimum absolute atomic E-state index is 0.231. The third kappa shape index (κ3) is 4.22. The highest BCUT2D eigenvalue weighted by Crippen LogP contribution is 2.52. The van der Waals surface area contributed by atoms with Gasteiger partial charge in [0.25, 0.3) is 0 Å². The summed E-state index contributed by atoms with van der Waals surface area (Å²) < 4.78 is 4.64. The standard InChI is InChI=1S/C48H33N5/c1-48(2)38-25-12-9-20-32(38)34-23-15-24-37(43(34)48)46-49-45(30-16-5-3-6-17-30)50-47(51-46)53-40-27-14-11-22-36(40)42-41(53)29-28-35-33-21-10-13-26-39(33)52(44(35)42)31-18-7-4-8-19-31/h3-29H,1-2H3. The number of aromatic nitrogens is 5. The van der Waals surface area contributed by atoms with Gasteiger partial charge in [0.15, 0.2) is 11.6 Å². The number of rotatable bonds is 4. The summed E-state index contributed by atoms with van der Waals surface area (Å²) >= 11 is 0. The predicted octanol–water partition coefficient (Wildman–Crippen LogP) is 11.7. The molecule has 0 saturated heterocycles. The molecule has 0 amide bonds. The number of hydrogen-bond acceptors (Lipinski definition) is 3. The van der Waals surface area contributed by atoms with Gasteiger partial charge in [0.05, 0.1) is 22.1 Å². The molecule has 11 rings (SSSR count). The van der Waals surface area contributed by atoms with Gasteiger partial charge in [-0.15, -0.1) is 0 Å². The van der Waals surface area contributed by atoms with Crippen molar-refractivity contribution in [1.82, 2.24) is 24.1 Å². The van der Waals surface area contributed by atoms with Crippen molar-refractivity contribution in [2.45, 2.75) is 19.3 Å². The van der Waals surface area contributed by atoms with Gasteiger partial charge >= 0.3 is 0 Å². The van der Waals surface area contributed by atoms with Crippen LogP contribution >= 0.6 is 0 Å². The molecule has 3 aromatic heterocycles. The lowest BCUT2D eigenvalue weighted by molar-refractivity contribution is 0.661. The lowest BCUT2D eigenvalue weighted by atomic mass is 9.80. The predicted molar refractivity (Wildman–Crippen MR) is 217 cm³/mol. The van der Waals surface area contributed by atoms with E-state index in [0.29, 0.717) is 17.6 Å². The Morgan fingerprint density at radius 2 is 1.06 bits per heavy atom. The smallest absolute Gasteiger partial charge is 0.238 e. The fraction of sp³-hybridized carbons (Fsp3) is 0.0625. The first-order valence-electron chi connectivity index (χ1n) is 18.1. The van der Waals surface area contributed by atoms with Gasteiger partial charge in [-0.25, -0.2) is 4.98 Å². The third-order valence-electron chi connectivity index (χ3n) is 11.2. The lowest BCUT2D eigenvalue weighted by Crippen LogP contribution is -2.17. The van der Waals surface area contributed by atoms with Crippen molar-refractivity contribution in [2.75, 3.05) is 0 Å². The summed E-state index contributed by atoms with van der Waals surface area (Å²) in [5, 5.41) is 4.75. The number of para-hydroxylation sites is 3. The van der Waals surface area contributed by atoms with E-state index >= 15 is 0 Å². The average molecular weight is 680 g/mol. The molecule has 1 aliphatic carbocycles. The van der Waals surface area contributed by atoms with Crippen molar-refractivity contribution in [3.05, 3.63) is 175 Å². The topological polar surface area (TPSA) is 48.5 Å². The number of hydrogen-bond donors (Lipinski definition) is 0. The summed E-state index contributed by atoms with van der Waals surface area (Å²) in [5.74, 6) is 1.90. The zero-order chi connectivity index (χ0) is 35.3. The van der Waals surface area contributed by atoms with Gasteiger partial charge in [-0.1, -0.05) is 147 Å². The Morgan fingerprint density at radius 3 is 1.87 bits per heavy atom. The van der Waals surface area contributed by atoms with E-state index in [9.17, 15) is 0 Å². The van der Waals surface area contributed by atoms with Gasteiger partial charge in [0, 0.05) is 43.8 Å². The van der Waals surface area contributed by atoms with Crippen LogP contribution in [0.2, 0.25) is 0 Å². The first kappa shape index (κ1) is 29.8. The molecule has 0 aliphatic heterocycles. The highest BCUT2D eigenvalue weighted by molar-refractivity contribution is 6.26. The highest BCUT2D eigenvalue weighted by atomic mass is 15.2. The molecule has 0 fully saturated rings. The maximum Gasteiger partial charge on any atom is 0.238 e. The van der Waals surface area contributed by atoms with Gasteiger partial charge in [-0.3, -0.25) is 4.57 Å². The zero-order valence-electron chi connectivity index (χ0n) is 29.3. The summed E-state index contributed by atoms with van der Waals surface area (Å²) in [7, 11) is 0. The molecule has 0 N–H and O–H groups in total. The molecule has 10 aromatic rings. The molecule has 250 valence electrons. The lowest BCUT2D eigenvalue weighted by Gasteiger charge is -2.24. The second-order valence-electron chi connectivity index (χ2n) is 14.4. The first-order valence-corrected chi connectivity index (χ1v) is 18.1. The van der Waals surface area contributed by atoms with E-state index in [1.165, 1.54) is 49.4 Å². The summed E-state index contributed by atoms with van der Waals surface area (Å²) in [6, 6.07) is 58.0. The van der Waals surface area contributed by atoms with E-state index in [0.717, 1.165) is 33.2 Å². The van der Waals surface area contributed by atoms with E-state index in [1.807, 2.05) is 18.2 Å². The number of benzene rings is 7. The van der Waals surface area contributed by atoms with Crippen LogP contribution in [-0.2, 0) is 5.41 Å². The van der Waals surface area contributed by atoms with Crippen LogP contribution in [0, 0.1) is 0 Å². The van der Waals surface area contributed by atoms with Crippen LogP contribution in [0.1, 0.15) is 25.0 Å². The Kier molecular flexibility index (Phi) is 6.23. The number of fused-ring (bicyclic) bond motifs is 10. The van der Waals surface area contributed by atoms with Crippen LogP contribution in [0.15, 0.2) is 164 Å². The Hall–Kier alpha value is -6.85. The fourth-order valence-corrected chi connectivity index (χ4v) is 8.90. The van der Waals surface area contributed by atoms with Crippen molar-refractivity contribution in [3.63, 3.8) is 0 Å². The van der Waals surface area contributed by atoms with E-state index < -0.39 is 0 Å². The van der Waals surface area contributed by atoms with Crippen molar-refractivity contribution >= 4 is 43.6 Å². The van der Waals surface area contributed by atoms with Crippen LogP contribution in [0.25, 0.3) is 89.2 Å². The fourth-order valence-electron chi connectivity index (χ4n) is 8.90. The third-order valence-corrected chi connectivity index (χ3v) is 11.2. The van der Waals surface area contributed by atoms with Gasteiger partial charge in [-0.2, -0.15) is 9.97 Å². The maximum atomic E-state index is 5.42. The molecule has 0 saturated carbocycles. The monoisotopic (exact) mass is 679 g/mol. The van der Waals surface area contributed by atoms with Gasteiger partial charge in [0.2, 0.25) is 5.95 Å².